The van der Waals surface area contributed by atoms with Gasteiger partial charge in [0.15, 0.2) is 0 Å². The first-order chi connectivity index (χ1) is 11.0. The number of benzene rings is 2. The highest BCUT2D eigenvalue weighted by Gasteiger charge is 2.17. The molecule has 3 rings (SSSR count). The van der Waals surface area contributed by atoms with Crippen LogP contribution < -0.4 is 15.1 Å². The van der Waals surface area contributed by atoms with Gasteiger partial charge in [-0.1, -0.05) is 0 Å². The number of aryl methyl sites for hydroxylation is 1. The van der Waals surface area contributed by atoms with Crippen LogP contribution >= 0.6 is 0 Å². The summed E-state index contributed by atoms with van der Waals surface area (Å²) in [4.78, 5) is 12.4. The van der Waals surface area contributed by atoms with Crippen LogP contribution in [-0.4, -0.2) is 19.3 Å². The monoisotopic (exact) mass is 312 g/mol. The van der Waals surface area contributed by atoms with Crippen molar-refractivity contribution in [2.45, 2.75) is 6.92 Å². The molecule has 23 heavy (non-hydrogen) atoms. The summed E-state index contributed by atoms with van der Waals surface area (Å²) in [5.74, 6) is 1.09. The Morgan fingerprint density at radius 1 is 1.00 bits per heavy atom. The van der Waals surface area contributed by atoms with Crippen LogP contribution in [0, 0.1) is 6.92 Å². The molecule has 0 fully saturated rings. The van der Waals surface area contributed by atoms with Gasteiger partial charge < -0.3 is 19.0 Å². The Morgan fingerprint density at radius 3 is 2.30 bits per heavy atom. The molecule has 0 spiro atoms. The van der Waals surface area contributed by atoms with Crippen molar-refractivity contribution in [1.82, 2.24) is 0 Å². The summed E-state index contributed by atoms with van der Waals surface area (Å²) in [5, 5.41) is 11.0. The van der Waals surface area contributed by atoms with Gasteiger partial charge in [0.25, 0.3) is 0 Å². The van der Waals surface area contributed by atoms with Gasteiger partial charge in [-0.3, -0.25) is 0 Å². The molecule has 0 amide bonds. The molecule has 5 heteroatoms. The van der Waals surface area contributed by atoms with Gasteiger partial charge in [-0.25, -0.2) is 4.79 Å². The molecule has 0 saturated heterocycles. The quantitative estimate of drug-likeness (QED) is 0.750. The van der Waals surface area contributed by atoms with E-state index in [4.69, 9.17) is 13.9 Å². The van der Waals surface area contributed by atoms with E-state index in [0.717, 1.165) is 10.9 Å². The fourth-order valence-electron chi connectivity index (χ4n) is 2.62. The van der Waals surface area contributed by atoms with Gasteiger partial charge in [0, 0.05) is 23.1 Å². The number of fused-ring (bicyclic) bond motifs is 1. The minimum absolute atomic E-state index is 0.0346. The lowest BCUT2D eigenvalue weighted by atomic mass is 9.98. The topological polar surface area (TPSA) is 68.9 Å². The maximum absolute atomic E-state index is 12.4. The first kappa shape index (κ1) is 15.0. The van der Waals surface area contributed by atoms with Crippen LogP contribution in [0.2, 0.25) is 0 Å². The first-order valence-corrected chi connectivity index (χ1v) is 7.04. The lowest BCUT2D eigenvalue weighted by Crippen LogP contribution is -2.06. The van der Waals surface area contributed by atoms with E-state index in [-0.39, 0.29) is 5.75 Å². The average molecular weight is 312 g/mol. The molecule has 0 aliphatic carbocycles. The van der Waals surface area contributed by atoms with Crippen LogP contribution in [0.4, 0.5) is 0 Å². The van der Waals surface area contributed by atoms with Crippen LogP contribution in [0.1, 0.15) is 5.56 Å². The molecule has 5 nitrogen and oxygen atoms in total. The molecule has 0 atom stereocenters. The average Bonchev–Trinajstić information content (AvgIpc) is 2.55. The fraction of sp³-hybridized carbons (Fsp3) is 0.167. The van der Waals surface area contributed by atoms with Gasteiger partial charge >= 0.3 is 5.63 Å². The molecule has 0 saturated carbocycles. The lowest BCUT2D eigenvalue weighted by molar-refractivity contribution is 0.408. The van der Waals surface area contributed by atoms with Gasteiger partial charge in [-0.15, -0.1) is 0 Å². The summed E-state index contributed by atoms with van der Waals surface area (Å²) in [5.41, 5.74) is 1.42. The molecule has 0 aliphatic rings. The van der Waals surface area contributed by atoms with E-state index in [2.05, 4.69) is 0 Å². The normalized spacial score (nSPS) is 10.7. The highest BCUT2D eigenvalue weighted by molar-refractivity contribution is 5.88. The summed E-state index contributed by atoms with van der Waals surface area (Å²) in [6.07, 6.45) is 0. The third kappa shape index (κ3) is 2.50. The molecule has 0 bridgehead atoms. The van der Waals surface area contributed by atoms with E-state index in [9.17, 15) is 9.90 Å². The summed E-state index contributed by atoms with van der Waals surface area (Å²) in [6.45, 7) is 1.82. The first-order valence-electron chi connectivity index (χ1n) is 7.04. The van der Waals surface area contributed by atoms with E-state index in [1.165, 1.54) is 13.2 Å². The Hall–Kier alpha value is -2.95. The number of phenolic OH excluding ortho intramolecular Hbond substituents is 1. The highest BCUT2D eigenvalue weighted by Crippen LogP contribution is 2.35. The molecule has 118 valence electrons. The van der Waals surface area contributed by atoms with Crippen molar-refractivity contribution >= 4 is 11.0 Å². The number of methoxy groups -OCH3 is 2. The SMILES string of the molecule is COc1ccc(-c2c(C)c3ccc(OC)cc3oc2=O)c(O)c1. The molecule has 0 radical (unpaired) electrons. The number of ether oxygens (including phenoxy) is 2. The Kier molecular flexibility index (Phi) is 3.70. The smallest absolute Gasteiger partial charge is 0.344 e. The zero-order valence-electron chi connectivity index (χ0n) is 13.0. The zero-order valence-corrected chi connectivity index (χ0v) is 13.0. The molecule has 0 unspecified atom stereocenters. The standard InChI is InChI=1S/C18H16O5/c1-10-13-6-4-12(22-3)9-16(13)23-18(20)17(10)14-7-5-11(21-2)8-15(14)19/h4-9,19H,1-3H3. The highest BCUT2D eigenvalue weighted by atomic mass is 16.5. The molecular formula is C18H16O5. The Morgan fingerprint density at radius 2 is 1.65 bits per heavy atom. The predicted molar refractivity (Wildman–Crippen MR) is 87.4 cm³/mol. The minimum atomic E-state index is -0.510. The van der Waals surface area contributed by atoms with Crippen LogP contribution in [-0.2, 0) is 0 Å². The van der Waals surface area contributed by atoms with Crippen molar-refractivity contribution in [2.24, 2.45) is 0 Å². The summed E-state index contributed by atoms with van der Waals surface area (Å²) in [7, 11) is 3.06. The largest absolute Gasteiger partial charge is 0.507 e. The maximum atomic E-state index is 12.4. The zero-order chi connectivity index (χ0) is 16.6. The van der Waals surface area contributed by atoms with Gasteiger partial charge in [-0.05, 0) is 36.8 Å². The minimum Gasteiger partial charge on any atom is -0.507 e. The molecule has 0 aliphatic heterocycles. The van der Waals surface area contributed by atoms with E-state index >= 15 is 0 Å². The van der Waals surface area contributed by atoms with Crippen LogP contribution in [0.3, 0.4) is 0 Å². The van der Waals surface area contributed by atoms with Crippen molar-refractivity contribution in [2.75, 3.05) is 14.2 Å². The third-order valence-corrected chi connectivity index (χ3v) is 3.85. The van der Waals surface area contributed by atoms with Gasteiger partial charge in [0.1, 0.15) is 22.8 Å². The summed E-state index contributed by atoms with van der Waals surface area (Å²) >= 11 is 0. The number of hydrogen-bond acceptors (Lipinski definition) is 5. The molecule has 1 N–H and O–H groups in total. The van der Waals surface area contributed by atoms with Gasteiger partial charge in [0.05, 0.1) is 19.8 Å². The van der Waals surface area contributed by atoms with Gasteiger partial charge in [0.2, 0.25) is 0 Å². The van der Waals surface area contributed by atoms with E-state index in [1.807, 2.05) is 13.0 Å². The van der Waals surface area contributed by atoms with Crippen LogP contribution in [0.25, 0.3) is 22.1 Å². The second-order valence-corrected chi connectivity index (χ2v) is 5.13. The number of rotatable bonds is 3. The number of hydrogen-bond donors (Lipinski definition) is 1. The van der Waals surface area contributed by atoms with E-state index in [0.29, 0.717) is 28.2 Å². The van der Waals surface area contributed by atoms with Crippen molar-refractivity contribution in [3.8, 4) is 28.4 Å². The lowest BCUT2D eigenvalue weighted by Gasteiger charge is -2.11. The second kappa shape index (κ2) is 5.68. The third-order valence-electron chi connectivity index (χ3n) is 3.85. The number of phenols is 1. The molecule has 2 aromatic carbocycles. The summed E-state index contributed by atoms with van der Waals surface area (Å²) in [6, 6.07) is 10.1. The molecule has 3 aromatic rings. The predicted octanol–water partition coefficient (Wildman–Crippen LogP) is 3.49. The molecule has 1 heterocycles. The Bertz CT molecular complexity index is 940. The van der Waals surface area contributed by atoms with Crippen molar-refractivity contribution < 1.29 is 19.0 Å². The maximum Gasteiger partial charge on any atom is 0.344 e. The summed E-state index contributed by atoms with van der Waals surface area (Å²) < 4.78 is 15.6. The molecular weight excluding hydrogens is 296 g/mol. The van der Waals surface area contributed by atoms with E-state index in [1.54, 1.807) is 31.4 Å². The van der Waals surface area contributed by atoms with E-state index < -0.39 is 5.63 Å². The van der Waals surface area contributed by atoms with Crippen molar-refractivity contribution in [3.63, 3.8) is 0 Å². The Balaban J connectivity index is 2.28. The van der Waals surface area contributed by atoms with Gasteiger partial charge in [-0.2, -0.15) is 0 Å². The fourth-order valence-corrected chi connectivity index (χ4v) is 2.62. The van der Waals surface area contributed by atoms with Crippen molar-refractivity contribution in [3.05, 3.63) is 52.4 Å². The number of aromatic hydroxyl groups is 1. The van der Waals surface area contributed by atoms with Crippen LogP contribution in [0.5, 0.6) is 17.2 Å². The molecule has 1 aromatic heterocycles. The Labute approximate surface area is 132 Å². The van der Waals surface area contributed by atoms with Crippen molar-refractivity contribution in [1.29, 1.82) is 0 Å². The van der Waals surface area contributed by atoms with Crippen LogP contribution in [0.15, 0.2) is 45.6 Å². The second-order valence-electron chi connectivity index (χ2n) is 5.13.